The van der Waals surface area contributed by atoms with Crippen LogP contribution in [0.4, 0.5) is 11.4 Å². The summed E-state index contributed by atoms with van der Waals surface area (Å²) in [6.45, 7) is 2.41. The number of carbonyl (C=O) groups is 2. The summed E-state index contributed by atoms with van der Waals surface area (Å²) in [5.74, 6) is 0.0996. The van der Waals surface area contributed by atoms with Crippen LogP contribution in [-0.2, 0) is 32.5 Å². The number of hydrogen-bond donors (Lipinski definition) is 3. The van der Waals surface area contributed by atoms with E-state index in [0.717, 1.165) is 11.1 Å². The number of benzene rings is 3. The summed E-state index contributed by atoms with van der Waals surface area (Å²) in [7, 11) is -4.02. The van der Waals surface area contributed by atoms with Crippen molar-refractivity contribution >= 4 is 33.2 Å². The summed E-state index contributed by atoms with van der Waals surface area (Å²) in [5.41, 5.74) is 2.69. The topological polar surface area (TPSA) is 114 Å². The van der Waals surface area contributed by atoms with Gasteiger partial charge < -0.3 is 15.4 Å². The molecule has 3 N–H and O–H groups in total. The Balaban J connectivity index is 1.56. The molecule has 2 amide bonds. The molecule has 0 spiro atoms. The third-order valence-electron chi connectivity index (χ3n) is 5.61. The van der Waals surface area contributed by atoms with Gasteiger partial charge in [-0.15, -0.1) is 0 Å². The van der Waals surface area contributed by atoms with Crippen LogP contribution in [0.1, 0.15) is 24.5 Å². The Hall–Kier alpha value is -3.69. The van der Waals surface area contributed by atoms with E-state index in [-0.39, 0.29) is 17.2 Å². The van der Waals surface area contributed by atoms with Crippen LogP contribution in [-0.4, -0.2) is 32.9 Å². The first-order chi connectivity index (χ1) is 16.8. The average Bonchev–Trinajstić information content (AvgIpc) is 2.85. The molecule has 3 aromatic rings. The molecule has 3 aromatic carbocycles. The van der Waals surface area contributed by atoms with Crippen LogP contribution < -0.4 is 20.1 Å². The smallest absolute Gasteiger partial charge is 0.242 e. The third kappa shape index (κ3) is 6.26. The first kappa shape index (κ1) is 24.4. The highest BCUT2D eigenvalue weighted by Gasteiger charge is 2.27. The molecular weight excluding hydrogens is 466 g/mol. The molecule has 35 heavy (non-hydrogen) atoms. The van der Waals surface area contributed by atoms with Crippen LogP contribution in [0.2, 0.25) is 0 Å². The van der Waals surface area contributed by atoms with Gasteiger partial charge in [0.25, 0.3) is 0 Å². The Bertz CT molecular complexity index is 1310. The van der Waals surface area contributed by atoms with Gasteiger partial charge in [0.1, 0.15) is 11.8 Å². The fourth-order valence-electron chi connectivity index (χ4n) is 3.85. The van der Waals surface area contributed by atoms with E-state index in [0.29, 0.717) is 36.6 Å². The van der Waals surface area contributed by atoms with Crippen molar-refractivity contribution < 1.29 is 22.7 Å². The van der Waals surface area contributed by atoms with Crippen molar-refractivity contribution in [1.82, 2.24) is 4.72 Å². The number of hydrogen-bond acceptors (Lipinski definition) is 5. The lowest BCUT2D eigenvalue weighted by molar-refractivity contribution is -0.118. The zero-order chi connectivity index (χ0) is 24.8. The Morgan fingerprint density at radius 2 is 1.77 bits per heavy atom. The number of aryl methyl sites for hydroxylation is 1. The van der Waals surface area contributed by atoms with Crippen LogP contribution in [0, 0.1) is 0 Å². The van der Waals surface area contributed by atoms with Gasteiger partial charge in [0, 0.05) is 17.8 Å². The Labute approximate surface area is 204 Å². The molecular formula is C26H27N3O5S. The zero-order valence-electron chi connectivity index (χ0n) is 19.3. The van der Waals surface area contributed by atoms with E-state index in [2.05, 4.69) is 15.4 Å². The predicted octanol–water partition coefficient (Wildman–Crippen LogP) is 3.50. The van der Waals surface area contributed by atoms with Crippen LogP contribution in [0.25, 0.3) is 0 Å². The average molecular weight is 494 g/mol. The summed E-state index contributed by atoms with van der Waals surface area (Å²) in [6.07, 6.45) is 0.922. The number of ether oxygens (including phenoxy) is 1. The normalized spacial score (nSPS) is 13.9. The molecule has 1 heterocycles. The summed E-state index contributed by atoms with van der Waals surface area (Å²) in [6, 6.07) is 19.6. The molecule has 1 aliphatic rings. The van der Waals surface area contributed by atoms with Crippen LogP contribution in [0.15, 0.2) is 77.7 Å². The number of rotatable bonds is 9. The first-order valence-corrected chi connectivity index (χ1v) is 12.8. The number of carbonyl (C=O) groups excluding carboxylic acids is 2. The second kappa shape index (κ2) is 10.7. The van der Waals surface area contributed by atoms with Gasteiger partial charge in [0.15, 0.2) is 0 Å². The van der Waals surface area contributed by atoms with Gasteiger partial charge in [-0.1, -0.05) is 30.3 Å². The van der Waals surface area contributed by atoms with Gasteiger partial charge in [-0.3, -0.25) is 9.59 Å². The molecule has 0 fully saturated rings. The molecule has 1 unspecified atom stereocenters. The largest absolute Gasteiger partial charge is 0.494 e. The van der Waals surface area contributed by atoms with E-state index in [1.807, 2.05) is 37.3 Å². The molecule has 0 bridgehead atoms. The lowest BCUT2D eigenvalue weighted by Crippen LogP contribution is -2.45. The van der Waals surface area contributed by atoms with Gasteiger partial charge >= 0.3 is 0 Å². The molecule has 0 aromatic heterocycles. The minimum Gasteiger partial charge on any atom is -0.494 e. The van der Waals surface area contributed by atoms with E-state index in [1.54, 1.807) is 36.4 Å². The second-order valence-electron chi connectivity index (χ2n) is 8.18. The minimum atomic E-state index is -4.02. The number of nitrogens with one attached hydrogen (secondary N) is 3. The van der Waals surface area contributed by atoms with Gasteiger partial charge in [0.2, 0.25) is 21.8 Å². The van der Waals surface area contributed by atoms with Crippen molar-refractivity contribution in [2.45, 2.75) is 37.1 Å². The van der Waals surface area contributed by atoms with E-state index >= 15 is 0 Å². The summed E-state index contributed by atoms with van der Waals surface area (Å²) in [5, 5.41) is 5.53. The molecule has 0 aliphatic carbocycles. The van der Waals surface area contributed by atoms with E-state index in [1.165, 1.54) is 6.07 Å². The predicted molar refractivity (Wildman–Crippen MR) is 134 cm³/mol. The highest BCUT2D eigenvalue weighted by molar-refractivity contribution is 7.89. The van der Waals surface area contributed by atoms with Crippen molar-refractivity contribution in [1.29, 1.82) is 0 Å². The Morgan fingerprint density at radius 3 is 2.49 bits per heavy atom. The van der Waals surface area contributed by atoms with Crippen molar-refractivity contribution in [2.24, 2.45) is 0 Å². The zero-order valence-corrected chi connectivity index (χ0v) is 20.1. The number of amides is 2. The molecule has 4 rings (SSSR count). The summed E-state index contributed by atoms with van der Waals surface area (Å²) >= 11 is 0. The van der Waals surface area contributed by atoms with Crippen molar-refractivity contribution in [3.05, 3.63) is 83.9 Å². The SMILES string of the molecule is CCOc1ccc(NC(=O)C(Cc2ccccc2)NS(=O)(=O)c2ccc3c(c2)CCC(=O)N3)cc1. The van der Waals surface area contributed by atoms with Gasteiger partial charge in [-0.05, 0) is 73.4 Å². The Kier molecular flexibility index (Phi) is 7.48. The molecule has 8 nitrogen and oxygen atoms in total. The van der Waals surface area contributed by atoms with E-state index < -0.39 is 22.0 Å². The number of fused-ring (bicyclic) bond motifs is 1. The first-order valence-electron chi connectivity index (χ1n) is 11.4. The summed E-state index contributed by atoms with van der Waals surface area (Å²) in [4.78, 5) is 24.8. The molecule has 0 saturated heterocycles. The van der Waals surface area contributed by atoms with E-state index in [9.17, 15) is 18.0 Å². The minimum absolute atomic E-state index is 0.0410. The highest BCUT2D eigenvalue weighted by Crippen LogP contribution is 2.26. The van der Waals surface area contributed by atoms with Crippen molar-refractivity contribution in [3.8, 4) is 5.75 Å². The van der Waals surface area contributed by atoms with Gasteiger partial charge in [-0.25, -0.2) is 8.42 Å². The fraction of sp³-hybridized carbons (Fsp3) is 0.231. The maximum absolute atomic E-state index is 13.3. The monoisotopic (exact) mass is 493 g/mol. The maximum Gasteiger partial charge on any atom is 0.242 e. The van der Waals surface area contributed by atoms with Crippen LogP contribution in [0.5, 0.6) is 5.75 Å². The van der Waals surface area contributed by atoms with Crippen molar-refractivity contribution in [2.75, 3.05) is 17.2 Å². The second-order valence-corrected chi connectivity index (χ2v) is 9.89. The molecule has 1 atom stereocenters. The quantitative estimate of drug-likeness (QED) is 0.422. The molecule has 182 valence electrons. The summed E-state index contributed by atoms with van der Waals surface area (Å²) < 4.78 is 34.5. The highest BCUT2D eigenvalue weighted by atomic mass is 32.2. The van der Waals surface area contributed by atoms with Crippen LogP contribution >= 0.6 is 0 Å². The lowest BCUT2D eigenvalue weighted by atomic mass is 10.0. The Morgan fingerprint density at radius 1 is 1.03 bits per heavy atom. The van der Waals surface area contributed by atoms with Crippen LogP contribution in [0.3, 0.4) is 0 Å². The molecule has 0 radical (unpaired) electrons. The maximum atomic E-state index is 13.3. The van der Waals surface area contributed by atoms with Gasteiger partial charge in [0.05, 0.1) is 11.5 Å². The molecule has 9 heteroatoms. The standard InChI is InChI=1S/C26H27N3O5S/c1-2-34-21-11-9-20(10-12-21)27-26(31)24(16-18-6-4-3-5-7-18)29-35(32,33)22-13-14-23-19(17-22)8-15-25(30)28-23/h3-7,9-14,17,24,29H,2,8,15-16H2,1H3,(H,27,31)(H,28,30). The molecule has 1 aliphatic heterocycles. The fourth-order valence-corrected chi connectivity index (χ4v) is 5.10. The number of sulfonamides is 1. The van der Waals surface area contributed by atoms with Crippen molar-refractivity contribution in [3.63, 3.8) is 0 Å². The lowest BCUT2D eigenvalue weighted by Gasteiger charge is -2.21. The van der Waals surface area contributed by atoms with E-state index in [4.69, 9.17) is 4.74 Å². The molecule has 0 saturated carbocycles. The van der Waals surface area contributed by atoms with Gasteiger partial charge in [-0.2, -0.15) is 4.72 Å². The number of anilines is 2. The third-order valence-corrected chi connectivity index (χ3v) is 7.08.